The molecule has 3 N–H and O–H groups in total. The Kier molecular flexibility index (Phi) is 3.82. The van der Waals surface area contributed by atoms with Gasteiger partial charge < -0.3 is 11.1 Å². The molecule has 0 fully saturated rings. The molecule has 2 nitrogen and oxygen atoms in total. The Bertz CT molecular complexity index is 521. The van der Waals surface area contributed by atoms with E-state index in [4.69, 9.17) is 5.73 Å². The van der Waals surface area contributed by atoms with E-state index in [-0.39, 0.29) is 5.82 Å². The molecule has 0 saturated carbocycles. The second kappa shape index (κ2) is 5.54. The third-order valence-electron chi connectivity index (χ3n) is 2.85. The third kappa shape index (κ3) is 3.23. The van der Waals surface area contributed by atoms with Crippen LogP contribution in [0.2, 0.25) is 0 Å². The van der Waals surface area contributed by atoms with Gasteiger partial charge in [-0.3, -0.25) is 0 Å². The van der Waals surface area contributed by atoms with Gasteiger partial charge in [-0.25, -0.2) is 4.39 Å². The minimum Gasteiger partial charge on any atom is -0.397 e. The van der Waals surface area contributed by atoms with Crippen molar-refractivity contribution in [2.24, 2.45) is 0 Å². The lowest BCUT2D eigenvalue weighted by atomic mass is 10.1. The Balaban J connectivity index is 1.92. The zero-order chi connectivity index (χ0) is 13.0. The maximum Gasteiger partial charge on any atom is 0.123 e. The molecule has 0 heterocycles. The van der Waals surface area contributed by atoms with Crippen LogP contribution in [-0.2, 0) is 6.42 Å². The number of nitrogens with two attached hydrogens (primary N) is 1. The number of halogens is 1. The van der Waals surface area contributed by atoms with E-state index in [1.807, 2.05) is 25.1 Å². The fraction of sp³-hybridized carbons (Fsp3) is 0.200. The first kappa shape index (κ1) is 12.4. The first-order valence-corrected chi connectivity index (χ1v) is 5.99. The smallest absolute Gasteiger partial charge is 0.123 e. The van der Waals surface area contributed by atoms with Crippen LogP contribution in [0.15, 0.2) is 42.5 Å². The molecule has 18 heavy (non-hydrogen) atoms. The number of benzene rings is 2. The summed E-state index contributed by atoms with van der Waals surface area (Å²) in [5.41, 5.74) is 9.86. The molecule has 2 aromatic carbocycles. The first-order chi connectivity index (χ1) is 8.65. The van der Waals surface area contributed by atoms with Crippen LogP contribution in [0, 0.1) is 12.7 Å². The number of rotatable bonds is 4. The van der Waals surface area contributed by atoms with Crippen LogP contribution in [0.3, 0.4) is 0 Å². The van der Waals surface area contributed by atoms with Crippen LogP contribution in [0.1, 0.15) is 11.1 Å². The van der Waals surface area contributed by atoms with Gasteiger partial charge in [-0.2, -0.15) is 0 Å². The van der Waals surface area contributed by atoms with Gasteiger partial charge in [-0.15, -0.1) is 0 Å². The maximum atomic E-state index is 12.7. The van der Waals surface area contributed by atoms with Crippen molar-refractivity contribution in [1.82, 2.24) is 0 Å². The molecule has 0 aliphatic rings. The Morgan fingerprint density at radius 1 is 1.11 bits per heavy atom. The molecule has 2 rings (SSSR count). The molecule has 0 amide bonds. The van der Waals surface area contributed by atoms with E-state index in [0.717, 1.165) is 29.9 Å². The summed E-state index contributed by atoms with van der Waals surface area (Å²) in [6.45, 7) is 2.81. The van der Waals surface area contributed by atoms with Crippen molar-refractivity contribution in [3.05, 3.63) is 59.4 Å². The summed E-state index contributed by atoms with van der Waals surface area (Å²) in [5, 5.41) is 3.30. The van der Waals surface area contributed by atoms with Crippen LogP contribution < -0.4 is 11.1 Å². The monoisotopic (exact) mass is 244 g/mol. The predicted octanol–water partition coefficient (Wildman–Crippen LogP) is 3.37. The van der Waals surface area contributed by atoms with Gasteiger partial charge >= 0.3 is 0 Å². The van der Waals surface area contributed by atoms with Crippen molar-refractivity contribution in [2.45, 2.75) is 13.3 Å². The molecule has 3 heteroatoms. The summed E-state index contributed by atoms with van der Waals surface area (Å²) in [7, 11) is 0. The Hall–Kier alpha value is -2.03. The first-order valence-electron chi connectivity index (χ1n) is 5.99. The molecular weight excluding hydrogens is 227 g/mol. The molecule has 0 unspecified atom stereocenters. The normalized spacial score (nSPS) is 10.3. The largest absolute Gasteiger partial charge is 0.397 e. The molecule has 0 spiro atoms. The third-order valence-corrected chi connectivity index (χ3v) is 2.85. The van der Waals surface area contributed by atoms with Crippen molar-refractivity contribution in [3.8, 4) is 0 Å². The van der Waals surface area contributed by atoms with Crippen molar-refractivity contribution in [1.29, 1.82) is 0 Å². The molecule has 0 atom stereocenters. The molecule has 0 bridgehead atoms. The number of hydrogen-bond donors (Lipinski definition) is 2. The van der Waals surface area contributed by atoms with Gasteiger partial charge in [-0.05, 0) is 48.7 Å². The fourth-order valence-electron chi connectivity index (χ4n) is 1.82. The van der Waals surface area contributed by atoms with Crippen molar-refractivity contribution >= 4 is 11.4 Å². The van der Waals surface area contributed by atoms with Gasteiger partial charge in [-0.1, -0.05) is 18.2 Å². The van der Waals surface area contributed by atoms with Crippen LogP contribution in [0.5, 0.6) is 0 Å². The SMILES string of the molecule is Cc1ccc(N)c(NCCc2ccc(F)cc2)c1. The summed E-state index contributed by atoms with van der Waals surface area (Å²) in [4.78, 5) is 0. The molecule has 2 aromatic rings. The lowest BCUT2D eigenvalue weighted by Gasteiger charge is -2.10. The van der Waals surface area contributed by atoms with Crippen molar-refractivity contribution in [2.75, 3.05) is 17.6 Å². The average molecular weight is 244 g/mol. The average Bonchev–Trinajstić information content (AvgIpc) is 2.36. The predicted molar refractivity (Wildman–Crippen MR) is 74.2 cm³/mol. The summed E-state index contributed by atoms with van der Waals surface area (Å²) in [6.07, 6.45) is 0.841. The highest BCUT2D eigenvalue weighted by Gasteiger charge is 1.99. The van der Waals surface area contributed by atoms with Gasteiger partial charge in [0.15, 0.2) is 0 Å². The zero-order valence-corrected chi connectivity index (χ0v) is 10.4. The molecule has 0 saturated heterocycles. The summed E-state index contributed by atoms with van der Waals surface area (Å²) >= 11 is 0. The molecule has 0 aliphatic heterocycles. The fourth-order valence-corrected chi connectivity index (χ4v) is 1.82. The van der Waals surface area contributed by atoms with E-state index < -0.39 is 0 Å². The van der Waals surface area contributed by atoms with Crippen LogP contribution >= 0.6 is 0 Å². The molecule has 94 valence electrons. The van der Waals surface area contributed by atoms with Crippen LogP contribution in [0.4, 0.5) is 15.8 Å². The highest BCUT2D eigenvalue weighted by Crippen LogP contribution is 2.19. The van der Waals surface area contributed by atoms with Gasteiger partial charge in [0.2, 0.25) is 0 Å². The highest BCUT2D eigenvalue weighted by atomic mass is 19.1. The lowest BCUT2D eigenvalue weighted by Crippen LogP contribution is -2.07. The lowest BCUT2D eigenvalue weighted by molar-refractivity contribution is 0.627. The molecule has 0 aliphatic carbocycles. The quantitative estimate of drug-likeness (QED) is 0.809. The highest BCUT2D eigenvalue weighted by molar-refractivity contribution is 5.66. The number of aryl methyl sites for hydroxylation is 1. The summed E-state index contributed by atoms with van der Waals surface area (Å²) in [5.74, 6) is -0.199. The van der Waals surface area contributed by atoms with E-state index >= 15 is 0 Å². The molecular formula is C15H17FN2. The van der Waals surface area contributed by atoms with Crippen molar-refractivity contribution in [3.63, 3.8) is 0 Å². The minimum atomic E-state index is -0.199. The van der Waals surface area contributed by atoms with E-state index in [0.29, 0.717) is 0 Å². The number of nitrogen functional groups attached to an aromatic ring is 1. The molecule has 0 radical (unpaired) electrons. The number of anilines is 2. The number of nitrogens with one attached hydrogen (secondary N) is 1. The van der Waals surface area contributed by atoms with E-state index in [9.17, 15) is 4.39 Å². The topological polar surface area (TPSA) is 38.0 Å². The number of hydrogen-bond acceptors (Lipinski definition) is 2. The Labute approximate surface area is 107 Å². The van der Waals surface area contributed by atoms with Gasteiger partial charge in [0.1, 0.15) is 5.82 Å². The zero-order valence-electron chi connectivity index (χ0n) is 10.4. The molecule has 0 aromatic heterocycles. The second-order valence-electron chi connectivity index (χ2n) is 4.39. The second-order valence-corrected chi connectivity index (χ2v) is 4.39. The van der Waals surface area contributed by atoms with Crippen LogP contribution in [0.25, 0.3) is 0 Å². The Morgan fingerprint density at radius 2 is 1.83 bits per heavy atom. The van der Waals surface area contributed by atoms with Gasteiger partial charge in [0.05, 0.1) is 11.4 Å². The maximum absolute atomic E-state index is 12.7. The summed E-state index contributed by atoms with van der Waals surface area (Å²) < 4.78 is 12.7. The van der Waals surface area contributed by atoms with Gasteiger partial charge in [0, 0.05) is 6.54 Å². The summed E-state index contributed by atoms with van der Waals surface area (Å²) in [6, 6.07) is 12.5. The van der Waals surface area contributed by atoms with Crippen molar-refractivity contribution < 1.29 is 4.39 Å². The van der Waals surface area contributed by atoms with E-state index in [2.05, 4.69) is 5.32 Å². The standard InChI is InChI=1S/C15H17FN2/c1-11-2-7-14(17)15(10-11)18-9-8-12-3-5-13(16)6-4-12/h2-7,10,18H,8-9,17H2,1H3. The minimum absolute atomic E-state index is 0.199. The van der Waals surface area contributed by atoms with E-state index in [1.54, 1.807) is 12.1 Å². The van der Waals surface area contributed by atoms with E-state index in [1.165, 1.54) is 17.7 Å². The Morgan fingerprint density at radius 3 is 2.56 bits per heavy atom. The van der Waals surface area contributed by atoms with Crippen LogP contribution in [-0.4, -0.2) is 6.54 Å². The van der Waals surface area contributed by atoms with Gasteiger partial charge in [0.25, 0.3) is 0 Å².